The molecule has 0 saturated heterocycles. The Kier molecular flexibility index (Phi) is 7.47. The Morgan fingerprint density at radius 2 is 1.09 bits per heavy atom. The zero-order valence-corrected chi connectivity index (χ0v) is 13.7. The first-order valence-electron chi connectivity index (χ1n) is 8.12. The van der Waals surface area contributed by atoms with E-state index in [2.05, 4.69) is 85.0 Å². The van der Waals surface area contributed by atoms with E-state index in [1.807, 2.05) is 36.4 Å². The summed E-state index contributed by atoms with van der Waals surface area (Å²) in [5, 5.41) is 1.15. The molecule has 3 aromatic carbocycles. The molecule has 0 unspecified atom stereocenters. The molecule has 0 fully saturated rings. The van der Waals surface area contributed by atoms with Gasteiger partial charge in [-0.25, -0.2) is 0 Å². The van der Waals surface area contributed by atoms with Crippen molar-refractivity contribution < 1.29 is 0 Å². The molecule has 0 aliphatic heterocycles. The summed E-state index contributed by atoms with van der Waals surface area (Å²) in [7, 11) is 0. The van der Waals surface area contributed by atoms with Crippen LogP contribution in [-0.4, -0.2) is 17.7 Å². The van der Waals surface area contributed by atoms with Gasteiger partial charge in [-0.2, -0.15) is 0 Å². The van der Waals surface area contributed by atoms with E-state index in [0.29, 0.717) is 5.92 Å². The van der Waals surface area contributed by atoms with Gasteiger partial charge in [0.25, 0.3) is 0 Å². The summed E-state index contributed by atoms with van der Waals surface area (Å²) < 4.78 is 0. The van der Waals surface area contributed by atoms with Crippen LogP contribution in [0.4, 0.5) is 0 Å². The van der Waals surface area contributed by atoms with Gasteiger partial charge in [0.1, 0.15) is 0 Å². The van der Waals surface area contributed by atoms with Gasteiger partial charge >= 0.3 is 101 Å². The van der Waals surface area contributed by atoms with Gasteiger partial charge < -0.3 is 0 Å². The molecular formula is C22H21Li. The third kappa shape index (κ3) is 5.60. The van der Waals surface area contributed by atoms with Gasteiger partial charge in [-0.1, -0.05) is 43.0 Å². The standard InChI is InChI=1S/C14H13.C8H8.Li/c1-12(13-8-4-2-5-9-13)14-10-6-3-7-11-14;1-2-8-6-4-3-5-7-8;/h2-12H,1H2;2-7H,1H2;. The second-order valence-electron chi connectivity index (χ2n) is 5.40. The quantitative estimate of drug-likeness (QED) is 0.538. The van der Waals surface area contributed by atoms with Crippen molar-refractivity contribution in [2.75, 3.05) is 0 Å². The van der Waals surface area contributed by atoms with Crippen LogP contribution in [0.15, 0.2) is 97.6 Å². The van der Waals surface area contributed by atoms with E-state index in [1.54, 1.807) is 0 Å². The van der Waals surface area contributed by atoms with E-state index >= 15 is 0 Å². The topological polar surface area (TPSA) is 0 Å². The maximum atomic E-state index is 3.63. The van der Waals surface area contributed by atoms with E-state index in [0.717, 1.165) is 5.09 Å². The van der Waals surface area contributed by atoms with E-state index in [1.165, 1.54) is 16.7 Å². The monoisotopic (exact) mass is 292 g/mol. The van der Waals surface area contributed by atoms with Crippen molar-refractivity contribution in [3.63, 3.8) is 0 Å². The fraction of sp³-hybridized carbons (Fsp3) is 0.0909. The molecule has 0 aliphatic carbocycles. The Labute approximate surface area is 149 Å². The fourth-order valence-corrected chi connectivity index (χ4v) is 2.62. The molecule has 0 nitrogen and oxygen atoms in total. The molecule has 0 aromatic heterocycles. The molecule has 0 atom stereocenters. The van der Waals surface area contributed by atoms with Crippen LogP contribution in [0.3, 0.4) is 0 Å². The van der Waals surface area contributed by atoms with E-state index in [-0.39, 0.29) is 0 Å². The Bertz CT molecular complexity index is 635. The first kappa shape index (κ1) is 17.4. The number of hydrogen-bond donors (Lipinski definition) is 0. The summed E-state index contributed by atoms with van der Waals surface area (Å²) in [6, 6.07) is 31.5. The van der Waals surface area contributed by atoms with Crippen LogP contribution in [0.1, 0.15) is 22.6 Å². The van der Waals surface area contributed by atoms with Crippen molar-refractivity contribution in [3.8, 4) is 0 Å². The summed E-state index contributed by atoms with van der Waals surface area (Å²) in [6.45, 7) is 3.63. The molecule has 0 radical (unpaired) electrons. The number of rotatable bonds is 4. The molecule has 110 valence electrons. The maximum absolute atomic E-state index is 3.63. The molecule has 23 heavy (non-hydrogen) atoms. The van der Waals surface area contributed by atoms with Crippen molar-refractivity contribution >= 4 is 23.8 Å². The average Bonchev–Trinajstić information content (AvgIpc) is 2.65. The zero-order valence-electron chi connectivity index (χ0n) is 13.7. The van der Waals surface area contributed by atoms with Gasteiger partial charge in [-0.15, -0.1) is 0 Å². The van der Waals surface area contributed by atoms with Gasteiger partial charge in [0.05, 0.1) is 0 Å². The molecule has 0 saturated carbocycles. The Morgan fingerprint density at radius 1 is 0.696 bits per heavy atom. The van der Waals surface area contributed by atoms with Crippen molar-refractivity contribution in [1.82, 2.24) is 0 Å². The third-order valence-electron chi connectivity index (χ3n) is 3.85. The third-order valence-corrected chi connectivity index (χ3v) is 3.85. The average molecular weight is 292 g/mol. The molecule has 0 amide bonds. The SMILES string of the molecule is C=Cc1ccccc1.[Li][CH2]C(c1ccccc1)c1ccccc1. The first-order chi connectivity index (χ1) is 11.3. The molecule has 0 bridgehead atoms. The molecular weight excluding hydrogens is 271 g/mol. The van der Waals surface area contributed by atoms with Gasteiger partial charge in [-0.05, 0) is 5.56 Å². The summed E-state index contributed by atoms with van der Waals surface area (Å²) in [6.07, 6.45) is 1.83. The van der Waals surface area contributed by atoms with Gasteiger partial charge in [0, 0.05) is 0 Å². The predicted octanol–water partition coefficient (Wildman–Crippen LogP) is 5.73. The molecule has 0 heterocycles. The molecule has 1 heteroatoms. The van der Waals surface area contributed by atoms with Crippen molar-refractivity contribution in [1.29, 1.82) is 0 Å². The van der Waals surface area contributed by atoms with Crippen molar-refractivity contribution in [3.05, 3.63) is 114 Å². The van der Waals surface area contributed by atoms with Crippen LogP contribution >= 0.6 is 0 Å². The summed E-state index contributed by atoms with van der Waals surface area (Å²) >= 11 is 2.24. The van der Waals surface area contributed by atoms with Crippen molar-refractivity contribution in [2.45, 2.75) is 11.0 Å². The van der Waals surface area contributed by atoms with Crippen LogP contribution in [0, 0.1) is 0 Å². The molecule has 3 rings (SSSR count). The summed E-state index contributed by atoms with van der Waals surface area (Å²) in [4.78, 5) is 0. The number of benzene rings is 3. The van der Waals surface area contributed by atoms with E-state index in [9.17, 15) is 0 Å². The summed E-state index contributed by atoms with van der Waals surface area (Å²) in [5.74, 6) is 0.535. The fourth-order valence-electron chi connectivity index (χ4n) is 2.62. The van der Waals surface area contributed by atoms with Crippen LogP contribution in [-0.2, 0) is 0 Å². The Hall–Kier alpha value is -2.00. The van der Waals surface area contributed by atoms with E-state index in [4.69, 9.17) is 0 Å². The Balaban J connectivity index is 0.000000203. The molecule has 0 N–H and O–H groups in total. The molecule has 0 spiro atoms. The van der Waals surface area contributed by atoms with Crippen molar-refractivity contribution in [2.24, 2.45) is 0 Å². The Morgan fingerprint density at radius 3 is 1.39 bits per heavy atom. The molecule has 3 aromatic rings. The van der Waals surface area contributed by atoms with Crippen LogP contribution in [0.25, 0.3) is 6.08 Å². The van der Waals surface area contributed by atoms with Gasteiger partial charge in [0.15, 0.2) is 0 Å². The van der Waals surface area contributed by atoms with E-state index < -0.39 is 0 Å². The normalized spacial score (nSPS) is 9.87. The molecule has 0 aliphatic rings. The first-order valence-corrected chi connectivity index (χ1v) is 8.12. The minimum atomic E-state index is 0.535. The zero-order chi connectivity index (χ0) is 16.3. The second-order valence-corrected chi connectivity index (χ2v) is 5.40. The minimum absolute atomic E-state index is 0.535. The summed E-state index contributed by atoms with van der Waals surface area (Å²) in [5.41, 5.74) is 3.99. The van der Waals surface area contributed by atoms with Gasteiger partial charge in [-0.3, -0.25) is 0 Å². The van der Waals surface area contributed by atoms with Crippen LogP contribution in [0.2, 0.25) is 5.09 Å². The van der Waals surface area contributed by atoms with Gasteiger partial charge in [0.2, 0.25) is 0 Å². The number of hydrogen-bond acceptors (Lipinski definition) is 0. The second kappa shape index (κ2) is 9.90. The predicted molar refractivity (Wildman–Crippen MR) is 102 cm³/mol. The van der Waals surface area contributed by atoms with Crippen LogP contribution in [0.5, 0.6) is 0 Å². The van der Waals surface area contributed by atoms with Crippen LogP contribution < -0.4 is 0 Å².